The summed E-state index contributed by atoms with van der Waals surface area (Å²) in [6.07, 6.45) is 14.5. The van der Waals surface area contributed by atoms with Crippen molar-refractivity contribution < 1.29 is 0 Å². The Morgan fingerprint density at radius 3 is 1.04 bits per heavy atom. The van der Waals surface area contributed by atoms with Crippen LogP contribution in [0, 0.1) is 22.7 Å². The second-order valence-electron chi connectivity index (χ2n) is 20.8. The fourth-order valence-corrected chi connectivity index (χ4v) is 18.7. The Morgan fingerprint density at radius 2 is 0.632 bits per heavy atom. The van der Waals surface area contributed by atoms with Crippen molar-refractivity contribution >= 4 is 0 Å². The Bertz CT molecular complexity index is 2330. The predicted molar refractivity (Wildman–Crippen MR) is 231 cm³/mol. The van der Waals surface area contributed by atoms with Gasteiger partial charge in [-0.3, -0.25) is 0 Å². The average molecular weight is 739 g/mol. The van der Waals surface area contributed by atoms with Gasteiger partial charge >= 0.3 is 0 Å². The Hall–Kier alpha value is -4.68. The van der Waals surface area contributed by atoms with Gasteiger partial charge in [-0.2, -0.15) is 0 Å². The molecule has 6 atom stereocenters. The molecular weight excluding hydrogens is 685 g/mol. The Kier molecular flexibility index (Phi) is 6.47. The van der Waals surface area contributed by atoms with Crippen molar-refractivity contribution in [1.82, 2.24) is 0 Å². The minimum absolute atomic E-state index is 0.145. The highest BCUT2D eigenvalue weighted by Crippen LogP contribution is 2.97. The fraction of sp³-hybridized carbons (Fsp3) is 0.368. The maximum atomic E-state index is 2.57. The van der Waals surface area contributed by atoms with E-state index in [0.29, 0.717) is 11.8 Å². The lowest BCUT2D eigenvalue weighted by atomic mass is 9.18. The highest BCUT2D eigenvalue weighted by atomic mass is 15.0. The summed E-state index contributed by atoms with van der Waals surface area (Å²) in [5.41, 5.74) is 11.2. The van der Waals surface area contributed by atoms with Crippen LogP contribution in [0.4, 0.5) is 0 Å². The minimum atomic E-state index is 0.145. The van der Waals surface area contributed by atoms with Gasteiger partial charge in [0.1, 0.15) is 0 Å². The van der Waals surface area contributed by atoms with Gasteiger partial charge in [0.05, 0.1) is 0 Å². The summed E-state index contributed by atoms with van der Waals surface area (Å²) in [4.78, 5) is 0. The second-order valence-corrected chi connectivity index (χ2v) is 20.8. The van der Waals surface area contributed by atoms with Crippen molar-refractivity contribution in [3.05, 3.63) is 215 Å². The van der Waals surface area contributed by atoms with Crippen LogP contribution >= 0.6 is 0 Å². The molecule has 0 heterocycles. The van der Waals surface area contributed by atoms with Crippen LogP contribution in [0.5, 0.6) is 0 Å². The van der Waals surface area contributed by atoms with Gasteiger partial charge in [-0.05, 0) is 138 Å². The zero-order valence-corrected chi connectivity index (χ0v) is 33.3. The molecule has 8 aliphatic carbocycles. The highest BCUT2D eigenvalue weighted by molar-refractivity contribution is 5.62. The molecule has 0 nitrogen and oxygen atoms in total. The van der Waals surface area contributed by atoms with Crippen molar-refractivity contribution in [3.63, 3.8) is 0 Å². The van der Waals surface area contributed by atoms with Gasteiger partial charge < -0.3 is 0 Å². The maximum Gasteiger partial charge on any atom is 0.00466 e. The highest BCUT2D eigenvalue weighted by Gasteiger charge is 2.95. The van der Waals surface area contributed by atoms with E-state index in [1.807, 2.05) is 0 Å². The van der Waals surface area contributed by atoms with Crippen LogP contribution in [0.2, 0.25) is 0 Å². The SMILES string of the molecule is c1ccc(C23CC4(c5ccccc5)CC(c5ccccc5)(C2)CC(C2CC5(c6ccccc6)CC6(c7ccccc7)CC7(c8ccccc8)CCC2C756)(C3)C4)cc1. The molecule has 14 rings (SSSR count). The minimum Gasteiger partial charge on any atom is -0.0622 e. The van der Waals surface area contributed by atoms with Gasteiger partial charge in [0, 0.05) is 21.7 Å². The Balaban J connectivity index is 1.08. The molecule has 0 aliphatic heterocycles. The lowest BCUT2D eigenvalue weighted by Gasteiger charge is -2.84. The van der Waals surface area contributed by atoms with Gasteiger partial charge in [0.15, 0.2) is 0 Å². The summed E-state index contributed by atoms with van der Waals surface area (Å²) < 4.78 is 0. The van der Waals surface area contributed by atoms with E-state index in [2.05, 4.69) is 182 Å². The van der Waals surface area contributed by atoms with E-state index < -0.39 is 0 Å². The molecule has 6 aromatic rings. The van der Waals surface area contributed by atoms with Crippen LogP contribution in [-0.2, 0) is 32.5 Å². The first kappa shape index (κ1) is 33.3. The van der Waals surface area contributed by atoms with Crippen LogP contribution in [0.1, 0.15) is 104 Å². The van der Waals surface area contributed by atoms with Crippen molar-refractivity contribution in [2.75, 3.05) is 0 Å². The standard InChI is InChI=1S/C57H54/c1-7-19-42(20-8-1)50-34-51(43-21-9-2-10-22-43)36-52(35-50,44-23-11-3-12-24-44)39-53(37-50,38-51)49-33-55(46-27-15-5-16-28-46)41-56(47-29-17-6-18-30-47)40-54(45-25-13-4-14-26-45)32-31-48(49)57(54,55)56/h1-30,48-49H,31-41H2. The van der Waals surface area contributed by atoms with Crippen molar-refractivity contribution in [2.24, 2.45) is 22.7 Å². The molecule has 282 valence electrons. The van der Waals surface area contributed by atoms with Crippen molar-refractivity contribution in [3.8, 4) is 0 Å². The third-order valence-corrected chi connectivity index (χ3v) is 19.0. The first-order valence-electron chi connectivity index (χ1n) is 22.3. The summed E-state index contributed by atoms with van der Waals surface area (Å²) in [5.74, 6) is 1.36. The monoisotopic (exact) mass is 738 g/mol. The molecule has 0 N–H and O–H groups in total. The first-order valence-corrected chi connectivity index (χ1v) is 22.3. The van der Waals surface area contributed by atoms with Gasteiger partial charge in [-0.25, -0.2) is 0 Å². The zero-order valence-electron chi connectivity index (χ0n) is 33.3. The summed E-state index contributed by atoms with van der Waals surface area (Å²) in [5, 5.41) is 0. The van der Waals surface area contributed by atoms with Crippen LogP contribution in [0.15, 0.2) is 182 Å². The van der Waals surface area contributed by atoms with E-state index in [0.717, 1.165) is 0 Å². The van der Waals surface area contributed by atoms with Gasteiger partial charge in [0.25, 0.3) is 0 Å². The maximum absolute atomic E-state index is 2.57. The average Bonchev–Trinajstić information content (AvgIpc) is 3.76. The van der Waals surface area contributed by atoms with Gasteiger partial charge in [-0.1, -0.05) is 182 Å². The number of hydrogen-bond donors (Lipinski definition) is 0. The number of hydrogen-bond acceptors (Lipinski definition) is 0. The quantitative estimate of drug-likeness (QED) is 0.153. The molecule has 8 fully saturated rings. The molecule has 6 aromatic carbocycles. The summed E-state index contributed by atoms with van der Waals surface area (Å²) in [6, 6.07) is 72.2. The molecule has 1 spiro atoms. The van der Waals surface area contributed by atoms with Gasteiger partial charge in [0.2, 0.25) is 0 Å². The lowest BCUT2D eigenvalue weighted by Crippen LogP contribution is -2.84. The topological polar surface area (TPSA) is 0 Å². The molecule has 0 radical (unpaired) electrons. The van der Waals surface area contributed by atoms with Crippen LogP contribution in [0.25, 0.3) is 0 Å². The molecule has 4 bridgehead atoms. The Labute approximate surface area is 339 Å². The first-order chi connectivity index (χ1) is 28.0. The molecule has 8 aliphatic rings. The number of rotatable bonds is 7. The van der Waals surface area contributed by atoms with Crippen LogP contribution in [-0.4, -0.2) is 0 Å². The molecule has 0 amide bonds. The van der Waals surface area contributed by atoms with E-state index in [-0.39, 0.29) is 43.3 Å². The molecule has 0 saturated heterocycles. The summed E-state index contributed by atoms with van der Waals surface area (Å²) in [6.45, 7) is 0. The fourth-order valence-electron chi connectivity index (χ4n) is 18.7. The molecule has 0 aromatic heterocycles. The summed E-state index contributed by atoms with van der Waals surface area (Å²) in [7, 11) is 0. The normalized spacial score (nSPS) is 41.5. The van der Waals surface area contributed by atoms with E-state index in [1.54, 1.807) is 33.4 Å². The van der Waals surface area contributed by atoms with Crippen molar-refractivity contribution in [2.45, 2.75) is 103 Å². The molecular formula is C57H54. The largest absolute Gasteiger partial charge is 0.0622 e. The predicted octanol–water partition coefficient (Wildman–Crippen LogP) is 13.2. The van der Waals surface area contributed by atoms with Gasteiger partial charge in [-0.15, -0.1) is 0 Å². The van der Waals surface area contributed by atoms with Crippen LogP contribution in [0.3, 0.4) is 0 Å². The zero-order chi connectivity index (χ0) is 37.6. The van der Waals surface area contributed by atoms with Crippen molar-refractivity contribution in [1.29, 1.82) is 0 Å². The lowest BCUT2D eigenvalue weighted by molar-refractivity contribution is -0.252. The molecule has 8 saturated carbocycles. The van der Waals surface area contributed by atoms with Crippen LogP contribution < -0.4 is 0 Å². The van der Waals surface area contributed by atoms with E-state index in [4.69, 9.17) is 0 Å². The van der Waals surface area contributed by atoms with E-state index >= 15 is 0 Å². The molecule has 6 unspecified atom stereocenters. The third kappa shape index (κ3) is 3.80. The molecule has 0 heteroatoms. The summed E-state index contributed by atoms with van der Waals surface area (Å²) >= 11 is 0. The molecule has 57 heavy (non-hydrogen) atoms. The van der Waals surface area contributed by atoms with E-state index in [9.17, 15) is 0 Å². The van der Waals surface area contributed by atoms with E-state index in [1.165, 1.54) is 70.6 Å². The second kappa shape index (κ2) is 11.1. The smallest absolute Gasteiger partial charge is 0.00466 e. The third-order valence-electron chi connectivity index (χ3n) is 19.0. The Morgan fingerprint density at radius 1 is 0.298 bits per heavy atom. The number of benzene rings is 6.